The zero-order valence-corrected chi connectivity index (χ0v) is 22.1. The first-order valence-electron chi connectivity index (χ1n) is 11.6. The topological polar surface area (TPSA) is 96.0 Å². The highest BCUT2D eigenvalue weighted by Gasteiger charge is 2.28. The number of hydrogen-bond acceptors (Lipinski definition) is 5. The minimum Gasteiger partial charge on any atom is -0.363 e. The van der Waals surface area contributed by atoms with E-state index < -0.39 is 15.9 Å². The van der Waals surface area contributed by atoms with Gasteiger partial charge in [-0.15, -0.1) is 0 Å². The zero-order valence-electron chi connectivity index (χ0n) is 19.8. The van der Waals surface area contributed by atoms with Gasteiger partial charge in [0.1, 0.15) is 0 Å². The van der Waals surface area contributed by atoms with Crippen LogP contribution in [0, 0.1) is 0 Å². The van der Waals surface area contributed by atoms with Gasteiger partial charge in [0.2, 0.25) is 5.91 Å². The molecule has 3 aromatic rings. The molecule has 0 bridgehead atoms. The summed E-state index contributed by atoms with van der Waals surface area (Å²) in [6.07, 6.45) is 3.03. The Balaban J connectivity index is 1.51. The third-order valence-corrected chi connectivity index (χ3v) is 7.90. The predicted octanol–water partition coefficient (Wildman–Crippen LogP) is 4.93. The Kier molecular flexibility index (Phi) is 8.58. The molecule has 11 heteroatoms. The maximum atomic E-state index is 13.6. The van der Waals surface area contributed by atoms with Crippen molar-refractivity contribution in [2.45, 2.75) is 24.2 Å². The number of likely N-dealkylation sites (tertiary alicyclic amines) is 1. The fourth-order valence-corrected chi connectivity index (χ4v) is 5.51. The van der Waals surface area contributed by atoms with E-state index in [0.29, 0.717) is 18.1 Å². The van der Waals surface area contributed by atoms with Gasteiger partial charge >= 0.3 is 0 Å². The number of anilines is 1. The van der Waals surface area contributed by atoms with Crippen LogP contribution in [0.2, 0.25) is 10.0 Å². The van der Waals surface area contributed by atoms with E-state index in [2.05, 4.69) is 5.32 Å². The normalized spacial score (nSPS) is 13.6. The molecule has 4 rings (SSSR count). The van der Waals surface area contributed by atoms with Crippen molar-refractivity contribution in [1.29, 1.82) is 0 Å². The first kappa shape index (κ1) is 26.8. The number of halogens is 2. The lowest BCUT2D eigenvalue weighted by molar-refractivity contribution is -0.130. The van der Waals surface area contributed by atoms with Crippen molar-refractivity contribution in [3.63, 3.8) is 0 Å². The molecule has 0 atom stereocenters. The van der Waals surface area contributed by atoms with Crippen molar-refractivity contribution in [1.82, 2.24) is 10.2 Å². The summed E-state index contributed by atoms with van der Waals surface area (Å²) in [7, 11) is -4.23. The second-order valence-corrected chi connectivity index (χ2v) is 11.0. The lowest BCUT2D eigenvalue weighted by atomic mass is 10.1. The molecule has 0 aromatic heterocycles. The fourth-order valence-electron chi connectivity index (χ4n) is 3.82. The van der Waals surface area contributed by atoms with E-state index in [1.165, 1.54) is 42.5 Å². The molecule has 8 nitrogen and oxygen atoms in total. The number of para-hydroxylation sites is 1. The van der Waals surface area contributed by atoms with E-state index in [9.17, 15) is 18.0 Å². The van der Waals surface area contributed by atoms with E-state index in [1.54, 1.807) is 35.2 Å². The molecule has 1 aliphatic rings. The molecule has 0 aliphatic carbocycles. The van der Waals surface area contributed by atoms with Gasteiger partial charge in [0, 0.05) is 23.7 Å². The van der Waals surface area contributed by atoms with Crippen LogP contribution in [-0.2, 0) is 14.8 Å². The number of rotatable bonds is 8. The molecule has 1 aliphatic heterocycles. The SMILES string of the molecule is O=C(NCC(=O)N1CCCCC1)c1ccc(S(=O)(=O)N(Oc2ccc(Cl)cc2Cl)c2ccccc2)cc1. The summed E-state index contributed by atoms with van der Waals surface area (Å²) in [5.41, 5.74) is 0.463. The number of hydrogen-bond donors (Lipinski definition) is 1. The third kappa shape index (κ3) is 6.54. The molecule has 37 heavy (non-hydrogen) atoms. The van der Waals surface area contributed by atoms with Crippen LogP contribution in [0.4, 0.5) is 5.69 Å². The average Bonchev–Trinajstić information content (AvgIpc) is 2.92. The molecule has 2 amide bonds. The maximum Gasteiger partial charge on any atom is 0.295 e. The van der Waals surface area contributed by atoms with Crippen molar-refractivity contribution in [3.05, 3.63) is 88.4 Å². The van der Waals surface area contributed by atoms with Gasteiger partial charge in [-0.05, 0) is 73.9 Å². The molecular weight excluding hydrogens is 537 g/mol. The summed E-state index contributed by atoms with van der Waals surface area (Å²) in [6, 6.07) is 18.0. The smallest absolute Gasteiger partial charge is 0.295 e. The Hall–Kier alpha value is -3.27. The average molecular weight is 562 g/mol. The molecule has 0 spiro atoms. The number of sulfonamides is 1. The van der Waals surface area contributed by atoms with E-state index in [4.69, 9.17) is 28.0 Å². The number of nitrogens with one attached hydrogen (secondary N) is 1. The summed E-state index contributed by atoms with van der Waals surface area (Å²) < 4.78 is 27.9. The van der Waals surface area contributed by atoms with E-state index in [0.717, 1.165) is 23.7 Å². The molecule has 3 aromatic carbocycles. The maximum absolute atomic E-state index is 13.6. The van der Waals surface area contributed by atoms with Gasteiger partial charge in [-0.1, -0.05) is 45.9 Å². The molecule has 1 N–H and O–H groups in total. The largest absolute Gasteiger partial charge is 0.363 e. The van der Waals surface area contributed by atoms with Gasteiger partial charge in [0.25, 0.3) is 15.9 Å². The summed E-state index contributed by atoms with van der Waals surface area (Å²) in [4.78, 5) is 32.3. The molecule has 0 radical (unpaired) electrons. The van der Waals surface area contributed by atoms with Gasteiger partial charge in [0.15, 0.2) is 5.75 Å². The number of carbonyl (C=O) groups is 2. The molecule has 194 valence electrons. The lowest BCUT2D eigenvalue weighted by Gasteiger charge is -2.26. The Morgan fingerprint density at radius 2 is 1.59 bits per heavy atom. The lowest BCUT2D eigenvalue weighted by Crippen LogP contribution is -2.42. The molecule has 0 saturated carbocycles. The van der Waals surface area contributed by atoms with Crippen LogP contribution in [0.3, 0.4) is 0 Å². The van der Waals surface area contributed by atoms with E-state index in [-0.39, 0.29) is 39.4 Å². The first-order chi connectivity index (χ1) is 17.8. The van der Waals surface area contributed by atoms with E-state index in [1.807, 2.05) is 0 Å². The summed E-state index contributed by atoms with van der Waals surface area (Å²) in [5.74, 6) is -0.518. The van der Waals surface area contributed by atoms with Crippen LogP contribution < -0.4 is 14.6 Å². The minimum absolute atomic E-state index is 0.0906. The van der Waals surface area contributed by atoms with Gasteiger partial charge < -0.3 is 15.1 Å². The highest BCUT2D eigenvalue weighted by atomic mass is 35.5. The second-order valence-electron chi connectivity index (χ2n) is 8.38. The van der Waals surface area contributed by atoms with Crippen molar-refractivity contribution < 1.29 is 22.8 Å². The van der Waals surface area contributed by atoms with Crippen molar-refractivity contribution in [3.8, 4) is 5.75 Å². The van der Waals surface area contributed by atoms with Crippen LogP contribution in [0.25, 0.3) is 0 Å². The van der Waals surface area contributed by atoms with Crippen LogP contribution >= 0.6 is 23.2 Å². The highest BCUT2D eigenvalue weighted by Crippen LogP contribution is 2.32. The van der Waals surface area contributed by atoms with Crippen LogP contribution in [-0.4, -0.2) is 44.8 Å². The summed E-state index contributed by atoms with van der Waals surface area (Å²) in [6.45, 7) is 1.28. The van der Waals surface area contributed by atoms with Crippen molar-refractivity contribution in [2.75, 3.05) is 24.1 Å². The van der Waals surface area contributed by atoms with Gasteiger partial charge in [0.05, 0.1) is 22.2 Å². The number of benzene rings is 3. The number of piperidine rings is 1. The van der Waals surface area contributed by atoms with Crippen LogP contribution in [0.5, 0.6) is 5.75 Å². The number of amides is 2. The molecule has 1 saturated heterocycles. The van der Waals surface area contributed by atoms with Crippen molar-refractivity contribution in [2.24, 2.45) is 0 Å². The Labute approximate surface area is 225 Å². The Morgan fingerprint density at radius 1 is 0.919 bits per heavy atom. The monoisotopic (exact) mass is 561 g/mol. The third-order valence-electron chi connectivity index (χ3n) is 5.78. The van der Waals surface area contributed by atoms with Crippen molar-refractivity contribution >= 4 is 50.7 Å². The van der Waals surface area contributed by atoms with Gasteiger partial charge in [-0.2, -0.15) is 8.42 Å². The molecule has 1 heterocycles. The molecule has 0 unspecified atom stereocenters. The molecule has 1 fully saturated rings. The van der Waals surface area contributed by atoms with E-state index >= 15 is 0 Å². The predicted molar refractivity (Wildman–Crippen MR) is 142 cm³/mol. The van der Waals surface area contributed by atoms with Crippen LogP contribution in [0.15, 0.2) is 77.7 Å². The standard InChI is InChI=1S/C26H25Cl2N3O5S/c27-20-11-14-24(23(28)17-20)36-31(21-7-3-1-4-8-21)37(34,35)22-12-9-19(10-13-22)26(33)29-18-25(32)30-15-5-2-6-16-30/h1,3-4,7-14,17H,2,5-6,15-16,18H2,(H,29,33). The summed E-state index contributed by atoms with van der Waals surface area (Å²) in [5, 5.41) is 3.11. The Bertz CT molecular complexity index is 1360. The Morgan fingerprint density at radius 3 is 2.24 bits per heavy atom. The number of carbonyl (C=O) groups excluding carboxylic acids is 2. The minimum atomic E-state index is -4.23. The second kappa shape index (κ2) is 11.9. The zero-order chi connectivity index (χ0) is 26.4. The van der Waals surface area contributed by atoms with Crippen LogP contribution in [0.1, 0.15) is 29.6 Å². The van der Waals surface area contributed by atoms with Gasteiger partial charge in [-0.3, -0.25) is 9.59 Å². The quantitative estimate of drug-likeness (QED) is 0.393. The highest BCUT2D eigenvalue weighted by molar-refractivity contribution is 7.92. The first-order valence-corrected chi connectivity index (χ1v) is 13.8. The fraction of sp³-hybridized carbons (Fsp3) is 0.231. The van der Waals surface area contributed by atoms with Gasteiger partial charge in [-0.25, -0.2) is 0 Å². The number of nitrogens with zero attached hydrogens (tertiary/aromatic N) is 2. The molecular formula is C26H25Cl2N3O5S. The summed E-state index contributed by atoms with van der Waals surface area (Å²) >= 11 is 12.2.